The zero-order chi connectivity index (χ0) is 10.5. The van der Waals surface area contributed by atoms with E-state index in [2.05, 4.69) is 10.3 Å². The molecule has 0 unspecified atom stereocenters. The lowest BCUT2D eigenvalue weighted by atomic mass is 9.87. The predicted octanol–water partition coefficient (Wildman–Crippen LogP) is 2.04. The monoisotopic (exact) mass is 206 g/mol. The van der Waals surface area contributed by atoms with Gasteiger partial charge in [-0.25, -0.2) is 0 Å². The van der Waals surface area contributed by atoms with Crippen LogP contribution in [0.15, 0.2) is 24.5 Å². The molecule has 1 aromatic heterocycles. The number of aliphatic hydroxyl groups excluding tert-OH is 1. The van der Waals surface area contributed by atoms with Crippen LogP contribution in [0.2, 0.25) is 0 Å². The van der Waals surface area contributed by atoms with E-state index in [-0.39, 0.29) is 6.10 Å². The van der Waals surface area contributed by atoms with E-state index < -0.39 is 0 Å². The molecule has 3 heteroatoms. The Kier molecular flexibility index (Phi) is 3.56. The number of anilines is 1. The van der Waals surface area contributed by atoms with E-state index in [9.17, 15) is 5.11 Å². The Labute approximate surface area is 90.5 Å². The summed E-state index contributed by atoms with van der Waals surface area (Å²) in [6, 6.07) is 3.97. The van der Waals surface area contributed by atoms with Gasteiger partial charge in [-0.05, 0) is 43.7 Å². The number of pyridine rings is 1. The Morgan fingerprint density at radius 3 is 2.53 bits per heavy atom. The summed E-state index contributed by atoms with van der Waals surface area (Å²) in [4.78, 5) is 3.98. The van der Waals surface area contributed by atoms with Crippen molar-refractivity contribution in [2.45, 2.75) is 31.8 Å². The van der Waals surface area contributed by atoms with Crippen molar-refractivity contribution in [3.63, 3.8) is 0 Å². The van der Waals surface area contributed by atoms with E-state index in [1.54, 1.807) is 12.4 Å². The number of aromatic nitrogens is 1. The fourth-order valence-electron chi connectivity index (χ4n) is 2.08. The second-order valence-corrected chi connectivity index (χ2v) is 4.29. The Balaban J connectivity index is 1.74. The molecule has 0 atom stereocenters. The van der Waals surface area contributed by atoms with Crippen molar-refractivity contribution in [2.75, 3.05) is 11.9 Å². The molecule has 1 heterocycles. The molecule has 0 bridgehead atoms. The van der Waals surface area contributed by atoms with Gasteiger partial charge >= 0.3 is 0 Å². The molecule has 0 aliphatic heterocycles. The molecule has 0 aromatic carbocycles. The predicted molar refractivity (Wildman–Crippen MR) is 60.7 cm³/mol. The zero-order valence-electron chi connectivity index (χ0n) is 8.89. The van der Waals surface area contributed by atoms with E-state index in [4.69, 9.17) is 0 Å². The Morgan fingerprint density at radius 1 is 1.20 bits per heavy atom. The van der Waals surface area contributed by atoms with Crippen LogP contribution in [0.3, 0.4) is 0 Å². The molecule has 1 aromatic rings. The summed E-state index contributed by atoms with van der Waals surface area (Å²) in [5, 5.41) is 12.8. The van der Waals surface area contributed by atoms with Crippen LogP contribution in [-0.2, 0) is 0 Å². The first-order valence-electron chi connectivity index (χ1n) is 5.66. The van der Waals surface area contributed by atoms with Gasteiger partial charge in [-0.2, -0.15) is 0 Å². The van der Waals surface area contributed by atoms with Gasteiger partial charge in [0.05, 0.1) is 6.10 Å². The summed E-state index contributed by atoms with van der Waals surface area (Å²) in [6.45, 7) is 1.01. The molecule has 82 valence electrons. The highest BCUT2D eigenvalue weighted by Gasteiger charge is 2.18. The second-order valence-electron chi connectivity index (χ2n) is 4.29. The van der Waals surface area contributed by atoms with E-state index in [1.807, 2.05) is 12.1 Å². The molecule has 0 spiro atoms. The Hall–Kier alpha value is -1.09. The number of hydrogen-bond acceptors (Lipinski definition) is 3. The highest BCUT2D eigenvalue weighted by Crippen LogP contribution is 2.24. The van der Waals surface area contributed by atoms with Gasteiger partial charge in [0.1, 0.15) is 0 Å². The van der Waals surface area contributed by atoms with Crippen LogP contribution in [0.5, 0.6) is 0 Å². The second kappa shape index (κ2) is 5.12. The number of aliphatic hydroxyl groups is 1. The standard InChI is InChI=1S/C12H18N2O/c15-12-3-1-10(2-4-12)9-14-11-5-7-13-8-6-11/h5-8,10,12,15H,1-4,9H2,(H,13,14). The molecule has 1 saturated carbocycles. The van der Waals surface area contributed by atoms with Crippen LogP contribution in [-0.4, -0.2) is 22.7 Å². The largest absolute Gasteiger partial charge is 0.393 e. The van der Waals surface area contributed by atoms with Gasteiger partial charge in [0, 0.05) is 24.6 Å². The zero-order valence-corrected chi connectivity index (χ0v) is 8.89. The first kappa shape index (κ1) is 10.4. The number of rotatable bonds is 3. The maximum absolute atomic E-state index is 9.38. The third-order valence-corrected chi connectivity index (χ3v) is 3.09. The van der Waals surface area contributed by atoms with E-state index >= 15 is 0 Å². The summed E-state index contributed by atoms with van der Waals surface area (Å²) >= 11 is 0. The van der Waals surface area contributed by atoms with Crippen LogP contribution in [0.1, 0.15) is 25.7 Å². The van der Waals surface area contributed by atoms with Gasteiger partial charge in [-0.3, -0.25) is 4.98 Å². The van der Waals surface area contributed by atoms with Crippen molar-refractivity contribution in [1.29, 1.82) is 0 Å². The maximum Gasteiger partial charge on any atom is 0.0540 e. The highest BCUT2D eigenvalue weighted by atomic mass is 16.3. The Bertz CT molecular complexity index is 281. The van der Waals surface area contributed by atoms with Gasteiger partial charge < -0.3 is 10.4 Å². The van der Waals surface area contributed by atoms with Crippen LogP contribution in [0.4, 0.5) is 5.69 Å². The summed E-state index contributed by atoms with van der Waals surface area (Å²) in [5.41, 5.74) is 1.14. The highest BCUT2D eigenvalue weighted by molar-refractivity contribution is 5.40. The number of nitrogens with zero attached hydrogens (tertiary/aromatic N) is 1. The minimum absolute atomic E-state index is 0.0535. The van der Waals surface area contributed by atoms with Crippen molar-refractivity contribution in [3.05, 3.63) is 24.5 Å². The topological polar surface area (TPSA) is 45.1 Å². The average molecular weight is 206 g/mol. The minimum atomic E-state index is -0.0535. The molecule has 0 radical (unpaired) electrons. The molecule has 0 amide bonds. The van der Waals surface area contributed by atoms with Gasteiger partial charge in [0.15, 0.2) is 0 Å². The number of nitrogens with one attached hydrogen (secondary N) is 1. The average Bonchev–Trinajstić information content (AvgIpc) is 2.30. The minimum Gasteiger partial charge on any atom is -0.393 e. The molecular weight excluding hydrogens is 188 g/mol. The van der Waals surface area contributed by atoms with E-state index in [1.165, 1.54) is 0 Å². The molecule has 15 heavy (non-hydrogen) atoms. The van der Waals surface area contributed by atoms with Gasteiger partial charge in [0.2, 0.25) is 0 Å². The third-order valence-electron chi connectivity index (χ3n) is 3.09. The molecule has 1 aliphatic carbocycles. The molecule has 2 N–H and O–H groups in total. The molecule has 1 aliphatic rings. The Morgan fingerprint density at radius 2 is 1.87 bits per heavy atom. The summed E-state index contributed by atoms with van der Waals surface area (Å²) in [7, 11) is 0. The fourth-order valence-corrected chi connectivity index (χ4v) is 2.08. The van der Waals surface area contributed by atoms with Gasteiger partial charge in [0.25, 0.3) is 0 Å². The first-order valence-corrected chi connectivity index (χ1v) is 5.66. The number of hydrogen-bond donors (Lipinski definition) is 2. The molecule has 3 nitrogen and oxygen atoms in total. The van der Waals surface area contributed by atoms with Crippen molar-refractivity contribution >= 4 is 5.69 Å². The van der Waals surface area contributed by atoms with Crippen LogP contribution >= 0.6 is 0 Å². The molecule has 2 rings (SSSR count). The lowest BCUT2D eigenvalue weighted by Gasteiger charge is -2.25. The van der Waals surface area contributed by atoms with Crippen LogP contribution in [0.25, 0.3) is 0 Å². The SMILES string of the molecule is OC1CCC(CNc2ccncc2)CC1. The van der Waals surface area contributed by atoms with Crippen molar-refractivity contribution in [3.8, 4) is 0 Å². The first-order chi connectivity index (χ1) is 7.34. The normalized spacial score (nSPS) is 26.2. The molecule has 0 saturated heterocycles. The van der Waals surface area contributed by atoms with Crippen molar-refractivity contribution < 1.29 is 5.11 Å². The summed E-state index contributed by atoms with van der Waals surface area (Å²) < 4.78 is 0. The van der Waals surface area contributed by atoms with Crippen molar-refractivity contribution in [2.24, 2.45) is 5.92 Å². The summed E-state index contributed by atoms with van der Waals surface area (Å²) in [5.74, 6) is 0.710. The van der Waals surface area contributed by atoms with E-state index in [0.717, 1.165) is 37.9 Å². The summed E-state index contributed by atoms with van der Waals surface area (Å²) in [6.07, 6.45) is 7.74. The maximum atomic E-state index is 9.38. The van der Waals surface area contributed by atoms with Crippen LogP contribution in [0, 0.1) is 5.92 Å². The lowest BCUT2D eigenvalue weighted by molar-refractivity contribution is 0.111. The molecular formula is C12H18N2O. The van der Waals surface area contributed by atoms with Gasteiger partial charge in [-0.1, -0.05) is 0 Å². The third kappa shape index (κ3) is 3.20. The van der Waals surface area contributed by atoms with Crippen molar-refractivity contribution in [1.82, 2.24) is 4.98 Å². The lowest BCUT2D eigenvalue weighted by Crippen LogP contribution is -2.23. The van der Waals surface area contributed by atoms with Crippen LogP contribution < -0.4 is 5.32 Å². The quantitative estimate of drug-likeness (QED) is 0.795. The van der Waals surface area contributed by atoms with Gasteiger partial charge in [-0.15, -0.1) is 0 Å². The van der Waals surface area contributed by atoms with E-state index in [0.29, 0.717) is 5.92 Å². The fraction of sp³-hybridized carbons (Fsp3) is 0.583. The molecule has 1 fully saturated rings. The smallest absolute Gasteiger partial charge is 0.0540 e.